The van der Waals surface area contributed by atoms with Gasteiger partial charge in [0.1, 0.15) is 17.6 Å². The van der Waals surface area contributed by atoms with Crippen molar-refractivity contribution < 1.29 is 14.6 Å². The van der Waals surface area contributed by atoms with Crippen molar-refractivity contribution in [2.75, 3.05) is 14.2 Å². The summed E-state index contributed by atoms with van der Waals surface area (Å²) in [6.07, 6.45) is 2.41. The molecule has 2 rings (SSSR count). The van der Waals surface area contributed by atoms with Crippen LogP contribution in [-0.4, -0.2) is 24.3 Å². The second-order valence-electron chi connectivity index (χ2n) is 4.65. The van der Waals surface area contributed by atoms with Crippen molar-refractivity contribution in [2.24, 2.45) is 0 Å². The topological polar surface area (TPSA) is 51.6 Å². The first kappa shape index (κ1) is 14.3. The predicted octanol–water partition coefficient (Wildman–Crippen LogP) is 2.80. The first-order chi connectivity index (χ1) is 9.60. The van der Waals surface area contributed by atoms with Gasteiger partial charge in [-0.15, -0.1) is 0 Å². The molecule has 0 amide bonds. The zero-order chi connectivity index (χ0) is 14.7. The number of ether oxygens (including phenoxy) is 2. The number of methoxy groups -OCH3 is 2. The van der Waals surface area contributed by atoms with E-state index < -0.39 is 6.10 Å². The van der Waals surface area contributed by atoms with E-state index in [-0.39, 0.29) is 0 Å². The van der Waals surface area contributed by atoms with Crippen molar-refractivity contribution in [3.05, 3.63) is 52.8 Å². The molecule has 1 N–H and O–H groups in total. The minimum absolute atomic E-state index is 0.556. The van der Waals surface area contributed by atoms with E-state index in [0.29, 0.717) is 17.1 Å². The molecule has 0 aliphatic carbocycles. The molecule has 20 heavy (non-hydrogen) atoms. The van der Waals surface area contributed by atoms with E-state index in [9.17, 15) is 5.11 Å². The zero-order valence-corrected chi connectivity index (χ0v) is 12.2. The van der Waals surface area contributed by atoms with Crippen molar-refractivity contribution in [1.29, 1.82) is 0 Å². The van der Waals surface area contributed by atoms with Gasteiger partial charge in [0.05, 0.1) is 20.4 Å². The van der Waals surface area contributed by atoms with Crippen LogP contribution in [0.4, 0.5) is 0 Å². The average Bonchev–Trinajstić information content (AvgIpc) is 2.49. The number of rotatable bonds is 4. The number of aromatic nitrogens is 1. The zero-order valence-electron chi connectivity index (χ0n) is 12.2. The number of benzene rings is 1. The number of nitrogens with zero attached hydrogens (tertiary/aromatic N) is 1. The molecule has 106 valence electrons. The summed E-state index contributed by atoms with van der Waals surface area (Å²) in [5, 5.41) is 10.6. The average molecular weight is 273 g/mol. The van der Waals surface area contributed by atoms with Crippen LogP contribution in [0.1, 0.15) is 28.4 Å². The molecule has 0 radical (unpaired) electrons. The van der Waals surface area contributed by atoms with Gasteiger partial charge in [0.15, 0.2) is 0 Å². The lowest BCUT2D eigenvalue weighted by molar-refractivity contribution is 0.209. The Labute approximate surface area is 119 Å². The Morgan fingerprint density at radius 2 is 1.80 bits per heavy atom. The minimum atomic E-state index is -0.817. The summed E-state index contributed by atoms with van der Waals surface area (Å²) in [6, 6.07) is 5.61. The first-order valence-corrected chi connectivity index (χ1v) is 6.40. The van der Waals surface area contributed by atoms with Crippen LogP contribution >= 0.6 is 0 Å². The van der Waals surface area contributed by atoms with Crippen LogP contribution < -0.4 is 9.47 Å². The van der Waals surface area contributed by atoms with E-state index >= 15 is 0 Å². The SMILES string of the molecule is COc1cnccc1C(O)c1ccc(C)c(C)c1OC. The molecule has 4 heteroatoms. The normalized spacial score (nSPS) is 12.1. The van der Waals surface area contributed by atoms with Crippen molar-refractivity contribution >= 4 is 0 Å². The van der Waals surface area contributed by atoms with Gasteiger partial charge in [-0.25, -0.2) is 0 Å². The molecule has 0 saturated heterocycles. The molecule has 0 spiro atoms. The molecule has 0 bridgehead atoms. The summed E-state index contributed by atoms with van der Waals surface area (Å²) in [5.41, 5.74) is 3.54. The lowest BCUT2D eigenvalue weighted by Crippen LogP contribution is -2.06. The Morgan fingerprint density at radius 1 is 1.05 bits per heavy atom. The number of hydrogen-bond acceptors (Lipinski definition) is 4. The smallest absolute Gasteiger partial charge is 0.143 e. The molecule has 1 unspecified atom stereocenters. The molecule has 0 aliphatic heterocycles. The largest absolute Gasteiger partial charge is 0.496 e. The van der Waals surface area contributed by atoms with Crippen molar-refractivity contribution in [1.82, 2.24) is 4.98 Å². The van der Waals surface area contributed by atoms with E-state index in [0.717, 1.165) is 16.7 Å². The highest BCUT2D eigenvalue weighted by Gasteiger charge is 2.20. The highest BCUT2D eigenvalue weighted by atomic mass is 16.5. The third-order valence-corrected chi connectivity index (χ3v) is 3.54. The maximum Gasteiger partial charge on any atom is 0.143 e. The molecule has 1 heterocycles. The molecule has 1 atom stereocenters. The van der Waals surface area contributed by atoms with Crippen LogP contribution in [0.2, 0.25) is 0 Å². The number of aliphatic hydroxyl groups is 1. The lowest BCUT2D eigenvalue weighted by atomic mass is 9.96. The fourth-order valence-electron chi connectivity index (χ4n) is 2.25. The quantitative estimate of drug-likeness (QED) is 0.930. The van der Waals surface area contributed by atoms with Gasteiger partial charge >= 0.3 is 0 Å². The van der Waals surface area contributed by atoms with Crippen LogP contribution in [0.15, 0.2) is 30.6 Å². The van der Waals surface area contributed by atoms with Crippen LogP contribution in [-0.2, 0) is 0 Å². The second-order valence-corrected chi connectivity index (χ2v) is 4.65. The highest BCUT2D eigenvalue weighted by Crippen LogP contribution is 2.36. The molecule has 0 aliphatic rings. The van der Waals surface area contributed by atoms with Crippen LogP contribution in [0.3, 0.4) is 0 Å². The van der Waals surface area contributed by atoms with Gasteiger partial charge in [-0.3, -0.25) is 4.98 Å². The summed E-state index contributed by atoms with van der Waals surface area (Å²) in [4.78, 5) is 4.00. The highest BCUT2D eigenvalue weighted by molar-refractivity contribution is 5.50. The van der Waals surface area contributed by atoms with Gasteiger partial charge in [-0.05, 0) is 31.0 Å². The summed E-state index contributed by atoms with van der Waals surface area (Å²) < 4.78 is 10.7. The monoisotopic (exact) mass is 273 g/mol. The number of aryl methyl sites for hydroxylation is 1. The van der Waals surface area contributed by atoms with Gasteiger partial charge in [0.25, 0.3) is 0 Å². The van der Waals surface area contributed by atoms with Gasteiger partial charge in [-0.1, -0.05) is 12.1 Å². The third-order valence-electron chi connectivity index (χ3n) is 3.54. The van der Waals surface area contributed by atoms with Crippen LogP contribution in [0, 0.1) is 13.8 Å². The summed E-state index contributed by atoms with van der Waals surface area (Å²) >= 11 is 0. The van der Waals surface area contributed by atoms with Crippen molar-refractivity contribution in [2.45, 2.75) is 20.0 Å². The van der Waals surface area contributed by atoms with E-state index in [2.05, 4.69) is 4.98 Å². The minimum Gasteiger partial charge on any atom is -0.496 e. The van der Waals surface area contributed by atoms with Gasteiger partial charge in [0, 0.05) is 17.3 Å². The fraction of sp³-hybridized carbons (Fsp3) is 0.312. The molecule has 1 aromatic carbocycles. The Bertz CT molecular complexity index is 611. The Balaban J connectivity index is 2.53. The first-order valence-electron chi connectivity index (χ1n) is 6.40. The molecular formula is C16H19NO3. The van der Waals surface area contributed by atoms with Crippen molar-refractivity contribution in [3.63, 3.8) is 0 Å². The fourth-order valence-corrected chi connectivity index (χ4v) is 2.25. The summed E-state index contributed by atoms with van der Waals surface area (Å²) in [6.45, 7) is 4.00. The Hall–Kier alpha value is -2.07. The van der Waals surface area contributed by atoms with Gasteiger partial charge < -0.3 is 14.6 Å². The third kappa shape index (κ3) is 2.47. The molecule has 4 nitrogen and oxygen atoms in total. The van der Waals surface area contributed by atoms with Crippen LogP contribution in [0.25, 0.3) is 0 Å². The molecular weight excluding hydrogens is 254 g/mol. The molecule has 0 fully saturated rings. The standard InChI is InChI=1S/C16H19NO3/c1-10-5-6-13(16(20-4)11(10)2)15(18)12-7-8-17-9-14(12)19-3/h5-9,15,18H,1-4H3. The Morgan fingerprint density at radius 3 is 2.45 bits per heavy atom. The van der Waals surface area contributed by atoms with E-state index in [4.69, 9.17) is 9.47 Å². The van der Waals surface area contributed by atoms with E-state index in [1.807, 2.05) is 26.0 Å². The number of aliphatic hydroxyl groups excluding tert-OH is 1. The maximum absolute atomic E-state index is 10.6. The Kier molecular flexibility index (Phi) is 4.25. The second kappa shape index (κ2) is 5.92. The summed E-state index contributed by atoms with van der Waals surface area (Å²) in [7, 11) is 3.17. The lowest BCUT2D eigenvalue weighted by Gasteiger charge is -2.19. The maximum atomic E-state index is 10.6. The van der Waals surface area contributed by atoms with Crippen LogP contribution in [0.5, 0.6) is 11.5 Å². The van der Waals surface area contributed by atoms with E-state index in [1.54, 1.807) is 32.7 Å². The van der Waals surface area contributed by atoms with Crippen molar-refractivity contribution in [3.8, 4) is 11.5 Å². The van der Waals surface area contributed by atoms with Gasteiger partial charge in [-0.2, -0.15) is 0 Å². The molecule has 1 aromatic heterocycles. The number of hydrogen-bond donors (Lipinski definition) is 1. The van der Waals surface area contributed by atoms with Gasteiger partial charge in [0.2, 0.25) is 0 Å². The molecule has 2 aromatic rings. The predicted molar refractivity (Wildman–Crippen MR) is 77.3 cm³/mol. The van der Waals surface area contributed by atoms with E-state index in [1.165, 1.54) is 0 Å². The summed E-state index contributed by atoms with van der Waals surface area (Å²) in [5.74, 6) is 1.26. The molecule has 0 saturated carbocycles. The number of pyridine rings is 1.